The first kappa shape index (κ1) is 16.4. The van der Waals surface area contributed by atoms with Crippen LogP contribution in [0.2, 0.25) is 0 Å². The lowest BCUT2D eigenvalue weighted by atomic mass is 10.1. The number of halogens is 1. The Balaban J connectivity index is 2.85. The summed E-state index contributed by atoms with van der Waals surface area (Å²) in [6.07, 6.45) is 0.655. The number of aliphatic hydroxyl groups is 1. The molecule has 1 aromatic carbocycles. The zero-order valence-electron chi connectivity index (χ0n) is 11.9. The van der Waals surface area contributed by atoms with Crippen molar-refractivity contribution in [2.45, 2.75) is 32.9 Å². The number of hydrogen-bond acceptors (Lipinski definition) is 4. The van der Waals surface area contributed by atoms with Gasteiger partial charge in [0, 0.05) is 36.9 Å². The molecule has 1 rings (SSSR count). The fourth-order valence-electron chi connectivity index (χ4n) is 1.91. The van der Waals surface area contributed by atoms with Crippen LogP contribution in [0.3, 0.4) is 0 Å². The summed E-state index contributed by atoms with van der Waals surface area (Å²) in [7, 11) is 0. The highest BCUT2D eigenvalue weighted by molar-refractivity contribution is 5.97. The first-order valence-corrected chi connectivity index (χ1v) is 6.60. The van der Waals surface area contributed by atoms with Gasteiger partial charge in [-0.25, -0.2) is 4.39 Å². The van der Waals surface area contributed by atoms with Gasteiger partial charge in [-0.3, -0.25) is 4.90 Å². The summed E-state index contributed by atoms with van der Waals surface area (Å²) in [4.78, 5) is 2.08. The van der Waals surface area contributed by atoms with E-state index >= 15 is 0 Å². The van der Waals surface area contributed by atoms with Crippen LogP contribution in [0.25, 0.3) is 0 Å². The Labute approximate surface area is 118 Å². The van der Waals surface area contributed by atoms with Crippen molar-refractivity contribution in [1.82, 2.24) is 4.90 Å². The maximum absolute atomic E-state index is 14.0. The minimum Gasteiger partial charge on any atom is -0.409 e. The van der Waals surface area contributed by atoms with Gasteiger partial charge in [0.2, 0.25) is 0 Å². The molecule has 0 radical (unpaired) electrons. The highest BCUT2D eigenvalue weighted by atomic mass is 19.1. The first-order valence-electron chi connectivity index (χ1n) is 6.60. The molecule has 112 valence electrons. The van der Waals surface area contributed by atoms with Crippen molar-refractivity contribution in [3.8, 4) is 0 Å². The van der Waals surface area contributed by atoms with E-state index < -0.39 is 0 Å². The van der Waals surface area contributed by atoms with E-state index in [-0.39, 0.29) is 24.3 Å². The average molecular weight is 283 g/mol. The maximum atomic E-state index is 14.0. The highest BCUT2D eigenvalue weighted by Gasteiger charge is 2.13. The van der Waals surface area contributed by atoms with E-state index in [0.29, 0.717) is 30.6 Å². The summed E-state index contributed by atoms with van der Waals surface area (Å²) in [5, 5.41) is 20.3. The van der Waals surface area contributed by atoms with Crippen molar-refractivity contribution in [3.63, 3.8) is 0 Å². The number of amidine groups is 1. The Morgan fingerprint density at radius 3 is 2.65 bits per heavy atom. The SMILES string of the molecule is CC(C)N(CCCO)Cc1ccc(C(N)=NO)cc1F. The minimum absolute atomic E-state index is 0.114. The predicted octanol–water partition coefficient (Wildman–Crippen LogP) is 1.51. The molecule has 1 aromatic rings. The second-order valence-electron chi connectivity index (χ2n) is 4.93. The van der Waals surface area contributed by atoms with Gasteiger partial charge < -0.3 is 16.0 Å². The molecule has 0 amide bonds. The smallest absolute Gasteiger partial charge is 0.170 e. The van der Waals surface area contributed by atoms with Gasteiger partial charge in [-0.05, 0) is 26.3 Å². The van der Waals surface area contributed by atoms with Crippen LogP contribution in [0, 0.1) is 5.82 Å². The summed E-state index contributed by atoms with van der Waals surface area (Å²) in [5.74, 6) is -0.500. The van der Waals surface area contributed by atoms with E-state index in [1.165, 1.54) is 6.07 Å². The molecule has 0 heterocycles. The summed E-state index contributed by atoms with van der Waals surface area (Å²) in [6.45, 7) is 5.34. The Kier molecular flexibility index (Phi) is 6.41. The van der Waals surface area contributed by atoms with Crippen LogP contribution in [0.15, 0.2) is 23.4 Å². The first-order chi connectivity index (χ1) is 9.49. The maximum Gasteiger partial charge on any atom is 0.170 e. The zero-order chi connectivity index (χ0) is 15.1. The molecular weight excluding hydrogens is 261 g/mol. The van der Waals surface area contributed by atoms with Gasteiger partial charge in [-0.2, -0.15) is 0 Å². The molecule has 0 aliphatic heterocycles. The van der Waals surface area contributed by atoms with E-state index in [0.717, 1.165) is 0 Å². The van der Waals surface area contributed by atoms with Crippen LogP contribution in [-0.2, 0) is 6.54 Å². The van der Waals surface area contributed by atoms with Crippen molar-refractivity contribution in [3.05, 3.63) is 35.1 Å². The number of rotatable bonds is 7. The Hall–Kier alpha value is -1.66. The summed E-state index contributed by atoms with van der Waals surface area (Å²) >= 11 is 0. The molecule has 0 aromatic heterocycles. The molecule has 0 aliphatic carbocycles. The van der Waals surface area contributed by atoms with E-state index in [1.54, 1.807) is 12.1 Å². The van der Waals surface area contributed by atoms with Gasteiger partial charge in [0.05, 0.1) is 0 Å². The molecule has 0 atom stereocenters. The third-order valence-electron chi connectivity index (χ3n) is 3.16. The number of hydrogen-bond donors (Lipinski definition) is 3. The largest absolute Gasteiger partial charge is 0.409 e. The lowest BCUT2D eigenvalue weighted by Crippen LogP contribution is -2.32. The average Bonchev–Trinajstić information content (AvgIpc) is 2.43. The standard InChI is InChI=1S/C14H22FN3O2/c1-10(2)18(6-3-7-19)9-12-5-4-11(8-13(12)15)14(16)17-20/h4-5,8,10,19-20H,3,6-7,9H2,1-2H3,(H2,16,17). The van der Waals surface area contributed by atoms with E-state index in [4.69, 9.17) is 16.0 Å². The van der Waals surface area contributed by atoms with E-state index in [9.17, 15) is 4.39 Å². The fourth-order valence-corrected chi connectivity index (χ4v) is 1.91. The van der Waals surface area contributed by atoms with Gasteiger partial charge in [0.1, 0.15) is 5.82 Å². The number of nitrogens with zero attached hydrogens (tertiary/aromatic N) is 2. The molecule has 0 unspecified atom stereocenters. The molecule has 0 saturated heterocycles. The predicted molar refractivity (Wildman–Crippen MR) is 76.2 cm³/mol. The molecule has 0 fully saturated rings. The van der Waals surface area contributed by atoms with Crippen molar-refractivity contribution < 1.29 is 14.7 Å². The quantitative estimate of drug-likeness (QED) is 0.307. The summed E-state index contributed by atoms with van der Waals surface area (Å²) in [5.41, 5.74) is 6.32. The lowest BCUT2D eigenvalue weighted by Gasteiger charge is -2.26. The van der Waals surface area contributed by atoms with Crippen LogP contribution in [0.1, 0.15) is 31.4 Å². The molecule has 0 spiro atoms. The number of nitrogens with two attached hydrogens (primary N) is 1. The second kappa shape index (κ2) is 7.81. The second-order valence-corrected chi connectivity index (χ2v) is 4.93. The normalized spacial score (nSPS) is 12.4. The van der Waals surface area contributed by atoms with E-state index in [1.807, 2.05) is 13.8 Å². The molecule has 0 bridgehead atoms. The monoisotopic (exact) mass is 283 g/mol. The van der Waals surface area contributed by atoms with Crippen molar-refractivity contribution in [2.75, 3.05) is 13.2 Å². The number of benzene rings is 1. The molecule has 4 N–H and O–H groups in total. The Morgan fingerprint density at radius 1 is 1.45 bits per heavy atom. The Morgan fingerprint density at radius 2 is 2.15 bits per heavy atom. The molecular formula is C14H22FN3O2. The van der Waals surface area contributed by atoms with E-state index in [2.05, 4.69) is 10.1 Å². The van der Waals surface area contributed by atoms with Crippen LogP contribution in [0.5, 0.6) is 0 Å². The Bertz CT molecular complexity index is 464. The summed E-state index contributed by atoms with van der Waals surface area (Å²) in [6, 6.07) is 4.77. The van der Waals surface area contributed by atoms with Gasteiger partial charge in [0.25, 0.3) is 0 Å². The highest BCUT2D eigenvalue weighted by Crippen LogP contribution is 2.15. The minimum atomic E-state index is -0.385. The van der Waals surface area contributed by atoms with Crippen LogP contribution < -0.4 is 5.73 Å². The van der Waals surface area contributed by atoms with Gasteiger partial charge in [-0.15, -0.1) is 0 Å². The van der Waals surface area contributed by atoms with Crippen LogP contribution in [0.4, 0.5) is 4.39 Å². The molecule has 0 aliphatic rings. The topological polar surface area (TPSA) is 82.1 Å². The van der Waals surface area contributed by atoms with Crippen molar-refractivity contribution >= 4 is 5.84 Å². The molecule has 6 heteroatoms. The molecule has 20 heavy (non-hydrogen) atoms. The third-order valence-corrected chi connectivity index (χ3v) is 3.16. The van der Waals surface area contributed by atoms with Gasteiger partial charge in [0.15, 0.2) is 5.84 Å². The molecule has 5 nitrogen and oxygen atoms in total. The number of oxime groups is 1. The van der Waals surface area contributed by atoms with Gasteiger partial charge >= 0.3 is 0 Å². The van der Waals surface area contributed by atoms with Crippen molar-refractivity contribution in [2.24, 2.45) is 10.9 Å². The van der Waals surface area contributed by atoms with Gasteiger partial charge in [-0.1, -0.05) is 17.3 Å². The van der Waals surface area contributed by atoms with Crippen molar-refractivity contribution in [1.29, 1.82) is 0 Å². The number of aliphatic hydroxyl groups excluding tert-OH is 1. The van der Waals surface area contributed by atoms with Crippen LogP contribution >= 0.6 is 0 Å². The van der Waals surface area contributed by atoms with Crippen LogP contribution in [-0.4, -0.2) is 40.2 Å². The lowest BCUT2D eigenvalue weighted by molar-refractivity contribution is 0.183. The third kappa shape index (κ3) is 4.47. The zero-order valence-corrected chi connectivity index (χ0v) is 11.9. The molecule has 0 saturated carbocycles. The summed E-state index contributed by atoms with van der Waals surface area (Å²) < 4.78 is 14.0. The fraction of sp³-hybridized carbons (Fsp3) is 0.500.